The van der Waals surface area contributed by atoms with Gasteiger partial charge in [-0.3, -0.25) is 9.89 Å². The van der Waals surface area contributed by atoms with Gasteiger partial charge in [0.2, 0.25) is 0 Å². The highest BCUT2D eigenvalue weighted by Gasteiger charge is 2.28. The van der Waals surface area contributed by atoms with Gasteiger partial charge in [-0.25, -0.2) is 0 Å². The summed E-state index contributed by atoms with van der Waals surface area (Å²) >= 11 is 0. The number of alkyl halides is 3. The molecule has 9 heteroatoms. The van der Waals surface area contributed by atoms with Gasteiger partial charge in [-0.15, -0.1) is 0 Å². The number of aliphatic imine (C=N–C) groups is 1. The monoisotopic (exact) mass is 430 g/mol. The first-order valence-corrected chi connectivity index (χ1v) is 10.3. The summed E-state index contributed by atoms with van der Waals surface area (Å²) in [7, 11) is 3.13. The standard InChI is InChI=1S/C21H33F3N4O2/c1-16-7-8-17(19(12-16)30-14-18-6-4-11-29-18)13-27-20(25-2)26-9-5-10-28(3)15-21(22,23)24/h7-8,12,18H,4-6,9-11,13-15H2,1-3H3,(H2,25,26,27). The van der Waals surface area contributed by atoms with Crippen LogP contribution in [0, 0.1) is 6.92 Å². The highest BCUT2D eigenvalue weighted by Crippen LogP contribution is 2.22. The maximum absolute atomic E-state index is 12.4. The largest absolute Gasteiger partial charge is 0.491 e. The van der Waals surface area contributed by atoms with E-state index in [-0.39, 0.29) is 6.10 Å². The fourth-order valence-corrected chi connectivity index (χ4v) is 3.24. The molecule has 2 N–H and O–H groups in total. The zero-order chi connectivity index (χ0) is 22.0. The van der Waals surface area contributed by atoms with Gasteiger partial charge in [0, 0.05) is 32.3 Å². The third-order valence-electron chi connectivity index (χ3n) is 4.80. The van der Waals surface area contributed by atoms with Gasteiger partial charge in [-0.1, -0.05) is 12.1 Å². The minimum atomic E-state index is -4.17. The van der Waals surface area contributed by atoms with Crippen LogP contribution in [-0.2, 0) is 11.3 Å². The molecule has 1 fully saturated rings. The number of ether oxygens (including phenoxy) is 2. The molecule has 0 aromatic heterocycles. The molecule has 2 rings (SSSR count). The van der Waals surface area contributed by atoms with Gasteiger partial charge in [0.1, 0.15) is 12.4 Å². The van der Waals surface area contributed by atoms with E-state index in [0.717, 1.165) is 36.3 Å². The lowest BCUT2D eigenvalue weighted by Crippen LogP contribution is -2.39. The molecule has 1 unspecified atom stereocenters. The van der Waals surface area contributed by atoms with Crippen LogP contribution in [0.5, 0.6) is 5.75 Å². The second-order valence-corrected chi connectivity index (χ2v) is 7.62. The van der Waals surface area contributed by atoms with E-state index in [1.807, 2.05) is 25.1 Å². The number of halogens is 3. The smallest absolute Gasteiger partial charge is 0.401 e. The zero-order valence-electron chi connectivity index (χ0n) is 18.0. The molecule has 1 saturated heterocycles. The Morgan fingerprint density at radius 3 is 2.80 bits per heavy atom. The first-order valence-electron chi connectivity index (χ1n) is 10.3. The summed E-state index contributed by atoms with van der Waals surface area (Å²) < 4.78 is 48.7. The van der Waals surface area contributed by atoms with Crippen molar-refractivity contribution in [2.75, 3.05) is 46.9 Å². The highest BCUT2D eigenvalue weighted by atomic mass is 19.4. The van der Waals surface area contributed by atoms with Gasteiger partial charge >= 0.3 is 6.18 Å². The van der Waals surface area contributed by atoms with Crippen LogP contribution in [-0.4, -0.2) is 70.1 Å². The van der Waals surface area contributed by atoms with Crippen LogP contribution in [0.2, 0.25) is 0 Å². The fraction of sp³-hybridized carbons (Fsp3) is 0.667. The van der Waals surface area contributed by atoms with Crippen LogP contribution >= 0.6 is 0 Å². The Balaban J connectivity index is 1.77. The lowest BCUT2D eigenvalue weighted by atomic mass is 10.1. The van der Waals surface area contributed by atoms with Gasteiger partial charge in [0.25, 0.3) is 0 Å². The van der Waals surface area contributed by atoms with Crippen LogP contribution in [0.25, 0.3) is 0 Å². The fourth-order valence-electron chi connectivity index (χ4n) is 3.24. The molecular weight excluding hydrogens is 397 g/mol. The lowest BCUT2D eigenvalue weighted by Gasteiger charge is -2.19. The van der Waals surface area contributed by atoms with E-state index in [0.29, 0.717) is 38.6 Å². The normalized spacial score (nSPS) is 17.4. The van der Waals surface area contributed by atoms with E-state index in [2.05, 4.69) is 15.6 Å². The molecule has 0 spiro atoms. The number of nitrogens with one attached hydrogen (secondary N) is 2. The third kappa shape index (κ3) is 9.21. The van der Waals surface area contributed by atoms with E-state index >= 15 is 0 Å². The quantitative estimate of drug-likeness (QED) is 0.339. The predicted octanol–water partition coefficient (Wildman–Crippen LogP) is 3.10. The van der Waals surface area contributed by atoms with E-state index in [1.165, 1.54) is 11.9 Å². The first-order chi connectivity index (χ1) is 14.3. The van der Waals surface area contributed by atoms with Gasteiger partial charge in [0.05, 0.1) is 12.6 Å². The third-order valence-corrected chi connectivity index (χ3v) is 4.80. The van der Waals surface area contributed by atoms with Crippen molar-refractivity contribution in [3.05, 3.63) is 29.3 Å². The average Bonchev–Trinajstić information content (AvgIpc) is 3.19. The van der Waals surface area contributed by atoms with Crippen molar-refractivity contribution < 1.29 is 22.6 Å². The molecule has 6 nitrogen and oxygen atoms in total. The van der Waals surface area contributed by atoms with Crippen molar-refractivity contribution in [3.8, 4) is 5.75 Å². The van der Waals surface area contributed by atoms with Crippen molar-refractivity contribution in [2.45, 2.75) is 45.0 Å². The number of guanidine groups is 1. The Bertz CT molecular complexity index is 677. The Labute approximate surface area is 176 Å². The average molecular weight is 431 g/mol. The number of hydrogen-bond donors (Lipinski definition) is 2. The molecule has 1 heterocycles. The molecule has 1 aliphatic rings. The molecule has 1 aromatic rings. The SMILES string of the molecule is CN=C(NCCCN(C)CC(F)(F)F)NCc1ccc(C)cc1OCC1CCCO1. The molecule has 0 saturated carbocycles. The highest BCUT2D eigenvalue weighted by molar-refractivity contribution is 5.79. The van der Waals surface area contributed by atoms with Crippen molar-refractivity contribution in [1.82, 2.24) is 15.5 Å². The van der Waals surface area contributed by atoms with E-state index < -0.39 is 12.7 Å². The first kappa shape index (κ1) is 24.3. The summed E-state index contributed by atoms with van der Waals surface area (Å²) in [6.07, 6.45) is -1.35. The molecule has 0 aliphatic carbocycles. The summed E-state index contributed by atoms with van der Waals surface area (Å²) in [6.45, 7) is 3.85. The van der Waals surface area contributed by atoms with Crippen molar-refractivity contribution in [3.63, 3.8) is 0 Å². The number of hydrogen-bond acceptors (Lipinski definition) is 4. The predicted molar refractivity (Wildman–Crippen MR) is 112 cm³/mol. The number of benzene rings is 1. The molecule has 1 aliphatic heterocycles. The van der Waals surface area contributed by atoms with Crippen LogP contribution < -0.4 is 15.4 Å². The zero-order valence-corrected chi connectivity index (χ0v) is 18.0. The number of aryl methyl sites for hydroxylation is 1. The molecule has 0 amide bonds. The van der Waals surface area contributed by atoms with E-state index in [1.54, 1.807) is 7.05 Å². The number of rotatable bonds is 10. The Kier molecular flexibility index (Phi) is 9.71. The summed E-state index contributed by atoms with van der Waals surface area (Å²) in [5, 5.41) is 6.37. The molecule has 1 atom stereocenters. The van der Waals surface area contributed by atoms with Crippen LogP contribution in [0.15, 0.2) is 23.2 Å². The molecular formula is C21H33F3N4O2. The molecule has 1 aromatic carbocycles. The summed E-state index contributed by atoms with van der Waals surface area (Å²) in [6, 6.07) is 6.06. The molecule has 30 heavy (non-hydrogen) atoms. The Hall–Kier alpha value is -2.00. The molecule has 0 bridgehead atoms. The maximum Gasteiger partial charge on any atom is 0.401 e. The van der Waals surface area contributed by atoms with E-state index in [9.17, 15) is 13.2 Å². The molecule has 170 valence electrons. The van der Waals surface area contributed by atoms with E-state index in [4.69, 9.17) is 9.47 Å². The van der Waals surface area contributed by atoms with Gasteiger partial charge in [-0.05, 0) is 51.4 Å². The summed E-state index contributed by atoms with van der Waals surface area (Å²) in [5.74, 6) is 1.42. The van der Waals surface area contributed by atoms with Gasteiger partial charge < -0.3 is 20.1 Å². The second kappa shape index (κ2) is 12.0. The summed E-state index contributed by atoms with van der Waals surface area (Å²) in [4.78, 5) is 5.44. The molecule has 0 radical (unpaired) electrons. The van der Waals surface area contributed by atoms with Crippen molar-refractivity contribution in [2.24, 2.45) is 4.99 Å². The van der Waals surface area contributed by atoms with Crippen molar-refractivity contribution in [1.29, 1.82) is 0 Å². The second-order valence-electron chi connectivity index (χ2n) is 7.62. The minimum Gasteiger partial charge on any atom is -0.491 e. The van der Waals surface area contributed by atoms with Crippen LogP contribution in [0.4, 0.5) is 13.2 Å². The summed E-state index contributed by atoms with van der Waals surface area (Å²) in [5.41, 5.74) is 2.12. The topological polar surface area (TPSA) is 58.1 Å². The lowest BCUT2D eigenvalue weighted by molar-refractivity contribution is -0.143. The van der Waals surface area contributed by atoms with Crippen LogP contribution in [0.3, 0.4) is 0 Å². The Morgan fingerprint density at radius 2 is 2.13 bits per heavy atom. The van der Waals surface area contributed by atoms with Gasteiger partial charge in [-0.2, -0.15) is 13.2 Å². The Morgan fingerprint density at radius 1 is 1.33 bits per heavy atom. The minimum absolute atomic E-state index is 0.149. The van der Waals surface area contributed by atoms with Crippen molar-refractivity contribution >= 4 is 5.96 Å². The number of nitrogens with zero attached hydrogens (tertiary/aromatic N) is 2. The van der Waals surface area contributed by atoms with Crippen LogP contribution in [0.1, 0.15) is 30.4 Å². The maximum atomic E-state index is 12.4. The van der Waals surface area contributed by atoms with Gasteiger partial charge in [0.15, 0.2) is 5.96 Å².